The van der Waals surface area contributed by atoms with Crippen LogP contribution in [-0.2, 0) is 31.9 Å². The molecule has 350 valence electrons. The number of carbonyl (C=O) groups excluding carboxylic acids is 2. The number of nitrogens with one attached hydrogen (secondary N) is 4. The highest BCUT2D eigenvalue weighted by Crippen LogP contribution is 2.42. The standard InChI is InChI=1S/C55H80N4O5/c1-13-39-35(8)42-28-44-37(10)41(24-25-48(60)64-27-26-34(7)23-17-22-33(6)21-16-20-32(5)19-15-18-31(3)4)52(58-44)50-51(55(62)63-12)54(61)49-38(11)45(59-53(49)50)30-47-40(14-2)36(9)43(57-47)29-46(39)56-42/h26,28-33,37,41,51-52,56-59,61H,13-25,27H2,1-12H3/b34-26+,43-29-,44-28-,47-30-. The minimum Gasteiger partial charge on any atom is -0.510 e. The summed E-state index contributed by atoms with van der Waals surface area (Å²) >= 11 is 0. The molecule has 3 aromatic rings. The summed E-state index contributed by atoms with van der Waals surface area (Å²) in [7, 11) is 1.37. The average Bonchev–Trinajstić information content (AvgIpc) is 3.99. The van der Waals surface area contributed by atoms with Crippen LogP contribution in [0.5, 0.6) is 0 Å². The van der Waals surface area contributed by atoms with Gasteiger partial charge in [0.25, 0.3) is 0 Å². The van der Waals surface area contributed by atoms with Gasteiger partial charge in [-0.3, -0.25) is 9.59 Å². The molecule has 0 radical (unpaired) electrons. The number of carbonyl (C=O) groups is 2. The van der Waals surface area contributed by atoms with Crippen LogP contribution in [0.25, 0.3) is 29.6 Å². The number of hydrogen-bond donors (Lipinski definition) is 5. The Balaban J connectivity index is 1.21. The Morgan fingerprint density at radius 1 is 0.781 bits per heavy atom. The molecule has 6 atom stereocenters. The van der Waals surface area contributed by atoms with E-state index in [-0.39, 0.29) is 42.6 Å². The number of aromatic amines is 3. The van der Waals surface area contributed by atoms with Crippen LogP contribution in [-0.4, -0.2) is 51.8 Å². The predicted octanol–water partition coefficient (Wildman–Crippen LogP) is 9.29. The lowest BCUT2D eigenvalue weighted by Gasteiger charge is -2.26. The third-order valence-electron chi connectivity index (χ3n) is 15.1. The summed E-state index contributed by atoms with van der Waals surface area (Å²) < 4.78 is 11.2. The summed E-state index contributed by atoms with van der Waals surface area (Å²) in [6.45, 7) is 24.8. The van der Waals surface area contributed by atoms with Gasteiger partial charge in [-0.15, -0.1) is 0 Å². The van der Waals surface area contributed by atoms with Crippen molar-refractivity contribution in [1.82, 2.24) is 20.3 Å². The van der Waals surface area contributed by atoms with Gasteiger partial charge < -0.3 is 34.8 Å². The molecule has 0 amide bonds. The summed E-state index contributed by atoms with van der Waals surface area (Å²) in [4.78, 5) is 38.3. The molecule has 8 bridgehead atoms. The molecule has 3 aromatic heterocycles. The highest BCUT2D eigenvalue weighted by Gasteiger charge is 2.47. The van der Waals surface area contributed by atoms with E-state index in [1.165, 1.54) is 79.9 Å². The molecule has 5 N–H and O–H groups in total. The molecule has 64 heavy (non-hydrogen) atoms. The van der Waals surface area contributed by atoms with Crippen LogP contribution in [0.1, 0.15) is 171 Å². The lowest BCUT2D eigenvalue weighted by molar-refractivity contribution is -0.143. The minimum atomic E-state index is -0.980. The summed E-state index contributed by atoms with van der Waals surface area (Å²) in [5.74, 6) is 0.534. The zero-order valence-electron chi connectivity index (χ0n) is 41.3. The van der Waals surface area contributed by atoms with Gasteiger partial charge >= 0.3 is 11.9 Å². The van der Waals surface area contributed by atoms with Crippen molar-refractivity contribution in [2.45, 2.75) is 166 Å². The first-order valence-electron chi connectivity index (χ1n) is 24.7. The van der Waals surface area contributed by atoms with Crippen molar-refractivity contribution < 1.29 is 24.2 Å². The van der Waals surface area contributed by atoms with E-state index in [1.807, 2.05) is 6.92 Å². The van der Waals surface area contributed by atoms with Gasteiger partial charge in [0, 0.05) is 51.0 Å². The van der Waals surface area contributed by atoms with E-state index in [0.717, 1.165) is 93.4 Å². The van der Waals surface area contributed by atoms with Crippen LogP contribution >= 0.6 is 0 Å². The number of methoxy groups -OCH3 is 1. The Kier molecular flexibility index (Phi) is 16.4. The summed E-state index contributed by atoms with van der Waals surface area (Å²) in [6, 6.07) is -0.375. The summed E-state index contributed by atoms with van der Waals surface area (Å²) in [6.07, 6.45) is 22.5. The Morgan fingerprint density at radius 2 is 1.42 bits per heavy atom. The van der Waals surface area contributed by atoms with Crippen molar-refractivity contribution in [3.05, 3.63) is 83.5 Å². The lowest BCUT2D eigenvalue weighted by Crippen LogP contribution is -2.38. The van der Waals surface area contributed by atoms with Gasteiger partial charge in [0.05, 0.1) is 18.5 Å². The van der Waals surface area contributed by atoms with Crippen LogP contribution in [0.3, 0.4) is 0 Å². The predicted molar refractivity (Wildman–Crippen MR) is 262 cm³/mol. The number of fused-ring (bicyclic) bond motifs is 8. The topological polar surface area (TPSA) is 132 Å². The lowest BCUT2D eigenvalue weighted by atomic mass is 9.80. The van der Waals surface area contributed by atoms with Crippen molar-refractivity contribution in [2.75, 3.05) is 13.7 Å². The Bertz CT molecular complexity index is 2470. The highest BCUT2D eigenvalue weighted by molar-refractivity contribution is 5.95. The first-order chi connectivity index (χ1) is 30.6. The number of aliphatic hydroxyl groups excluding tert-OH is 1. The monoisotopic (exact) mass is 877 g/mol. The maximum absolute atomic E-state index is 13.7. The molecule has 9 nitrogen and oxygen atoms in total. The first kappa shape index (κ1) is 48.8. The molecule has 5 heterocycles. The Hall–Kier alpha value is -4.66. The van der Waals surface area contributed by atoms with E-state index in [4.69, 9.17) is 9.47 Å². The summed E-state index contributed by atoms with van der Waals surface area (Å²) in [5.41, 5.74) is 11.8. The molecule has 0 saturated carbocycles. The second kappa shape index (κ2) is 21.6. The average molecular weight is 877 g/mol. The second-order valence-electron chi connectivity index (χ2n) is 20.1. The van der Waals surface area contributed by atoms with Gasteiger partial charge in [-0.05, 0) is 141 Å². The molecule has 1 saturated heterocycles. The van der Waals surface area contributed by atoms with E-state index >= 15 is 0 Å². The Morgan fingerprint density at radius 3 is 2.08 bits per heavy atom. The smallest absolute Gasteiger partial charge is 0.320 e. The molecule has 1 fully saturated rings. The normalized spacial score (nSPS) is 22.1. The fourth-order valence-electron chi connectivity index (χ4n) is 10.9. The van der Waals surface area contributed by atoms with Crippen LogP contribution in [0.15, 0.2) is 17.3 Å². The Labute approximate surface area is 383 Å². The fraction of sp³-hybridized carbons (Fsp3) is 0.600. The van der Waals surface area contributed by atoms with Crippen molar-refractivity contribution in [3.63, 3.8) is 0 Å². The molecule has 9 heteroatoms. The molecule has 6 rings (SSSR count). The van der Waals surface area contributed by atoms with Crippen molar-refractivity contribution in [1.29, 1.82) is 0 Å². The molecule has 6 unspecified atom stereocenters. The number of hydrogen-bond acceptors (Lipinski definition) is 6. The maximum Gasteiger partial charge on any atom is 0.320 e. The third kappa shape index (κ3) is 10.7. The zero-order valence-corrected chi connectivity index (χ0v) is 41.3. The van der Waals surface area contributed by atoms with E-state index in [1.54, 1.807) is 0 Å². The molecular weight excluding hydrogens is 797 g/mol. The van der Waals surface area contributed by atoms with Gasteiger partial charge in [-0.1, -0.05) is 99.0 Å². The molecule has 0 spiro atoms. The van der Waals surface area contributed by atoms with E-state index < -0.39 is 11.9 Å². The number of ether oxygens (including phenoxy) is 2. The molecule has 3 aliphatic rings. The first-order valence-corrected chi connectivity index (χ1v) is 24.7. The number of aliphatic hydroxyl groups is 1. The van der Waals surface area contributed by atoms with Crippen molar-refractivity contribution in [2.24, 2.45) is 35.5 Å². The second-order valence-corrected chi connectivity index (χ2v) is 20.1. The minimum absolute atomic E-state index is 0.00425. The van der Waals surface area contributed by atoms with Gasteiger partial charge in [-0.2, -0.15) is 0 Å². The van der Waals surface area contributed by atoms with Gasteiger partial charge in [0.2, 0.25) is 0 Å². The van der Waals surface area contributed by atoms with Gasteiger partial charge in [0.15, 0.2) is 0 Å². The van der Waals surface area contributed by atoms with Gasteiger partial charge in [-0.25, -0.2) is 0 Å². The number of H-pyrrole nitrogens is 3. The SMILES string of the molecule is CCc1c2[nH]c(c1C)/C=C1\NC(C3=c4[nH]c(c(C)c4=C(O)C3C(=O)OC)/C=c3\[nH]/c(c(C)c3CC)=C\2)C(CCC(=O)OC/C=C(\C)CCCC(C)CCCC(C)CCCC(C)C)C1C. The van der Waals surface area contributed by atoms with E-state index in [9.17, 15) is 14.7 Å². The fourth-order valence-corrected chi connectivity index (χ4v) is 10.9. The quantitative estimate of drug-likeness (QED) is 0.0568. The number of aromatic nitrogens is 3. The molecule has 0 aromatic carbocycles. The number of allylic oxidation sites excluding steroid dienone is 2. The van der Waals surface area contributed by atoms with Gasteiger partial charge in [0.1, 0.15) is 18.3 Å². The van der Waals surface area contributed by atoms with Crippen LogP contribution in [0, 0.1) is 56.3 Å². The third-order valence-corrected chi connectivity index (χ3v) is 15.1. The summed E-state index contributed by atoms with van der Waals surface area (Å²) in [5, 5.41) is 19.3. The number of rotatable bonds is 20. The highest BCUT2D eigenvalue weighted by atomic mass is 16.5. The molecule has 2 aliphatic heterocycles. The zero-order chi connectivity index (χ0) is 46.4. The van der Waals surface area contributed by atoms with E-state index in [0.29, 0.717) is 11.6 Å². The van der Waals surface area contributed by atoms with Crippen LogP contribution in [0.2, 0.25) is 0 Å². The molecule has 1 aliphatic carbocycles. The molecular formula is C55H80N4O5. The van der Waals surface area contributed by atoms with Crippen molar-refractivity contribution in [3.8, 4) is 0 Å². The largest absolute Gasteiger partial charge is 0.510 e. The van der Waals surface area contributed by atoms with Crippen molar-refractivity contribution >= 4 is 41.5 Å². The van der Waals surface area contributed by atoms with Crippen LogP contribution in [0.4, 0.5) is 0 Å². The number of esters is 2. The van der Waals surface area contributed by atoms with Crippen LogP contribution < -0.4 is 26.6 Å². The van der Waals surface area contributed by atoms with E-state index in [2.05, 4.69) is 114 Å². The maximum atomic E-state index is 13.7.